The first-order chi connectivity index (χ1) is 6.72. The van der Waals surface area contributed by atoms with Crippen molar-refractivity contribution in [2.45, 2.75) is 20.0 Å². The minimum absolute atomic E-state index is 0.0408. The van der Waals surface area contributed by atoms with Gasteiger partial charge in [-0.05, 0) is 25.4 Å². The Hall–Kier alpha value is -0.870. The normalized spacial score (nSPS) is 12.5. The van der Waals surface area contributed by atoms with Crippen LogP contribution in [0.2, 0.25) is 5.28 Å². The van der Waals surface area contributed by atoms with Crippen molar-refractivity contribution < 1.29 is 9.47 Å². The lowest BCUT2D eigenvalue weighted by Gasteiger charge is -2.13. The van der Waals surface area contributed by atoms with Crippen LogP contribution in [-0.2, 0) is 4.74 Å². The first-order valence-corrected chi connectivity index (χ1v) is 4.83. The fourth-order valence-corrected chi connectivity index (χ4v) is 1.05. The van der Waals surface area contributed by atoms with Gasteiger partial charge in [-0.3, -0.25) is 0 Å². The van der Waals surface area contributed by atoms with Crippen molar-refractivity contribution in [3.63, 3.8) is 0 Å². The summed E-state index contributed by atoms with van der Waals surface area (Å²) in [6.45, 7) is 5.07. The van der Waals surface area contributed by atoms with Gasteiger partial charge in [-0.2, -0.15) is 4.98 Å². The topological polar surface area (TPSA) is 44.2 Å². The van der Waals surface area contributed by atoms with Crippen molar-refractivity contribution in [2.75, 3.05) is 13.2 Å². The molecule has 78 valence electrons. The summed E-state index contributed by atoms with van der Waals surface area (Å²) in [7, 11) is 0. The second-order valence-corrected chi connectivity index (χ2v) is 3.09. The first-order valence-electron chi connectivity index (χ1n) is 4.45. The summed E-state index contributed by atoms with van der Waals surface area (Å²) in [4.78, 5) is 7.65. The molecule has 1 aromatic heterocycles. The van der Waals surface area contributed by atoms with Gasteiger partial charge in [0, 0.05) is 18.9 Å². The first kappa shape index (κ1) is 11.2. The van der Waals surface area contributed by atoms with Gasteiger partial charge < -0.3 is 9.47 Å². The zero-order chi connectivity index (χ0) is 10.4. The maximum absolute atomic E-state index is 5.60. The van der Waals surface area contributed by atoms with Crippen molar-refractivity contribution in [1.29, 1.82) is 0 Å². The number of rotatable bonds is 5. The minimum atomic E-state index is -0.0408. The third-order valence-corrected chi connectivity index (χ3v) is 1.66. The molecule has 0 aliphatic rings. The molecule has 0 saturated heterocycles. The van der Waals surface area contributed by atoms with E-state index in [-0.39, 0.29) is 11.4 Å². The SMILES string of the molecule is CCOCC(C)Oc1ccnc(Cl)n1. The van der Waals surface area contributed by atoms with Crippen molar-refractivity contribution >= 4 is 11.6 Å². The molecule has 1 aromatic rings. The molecule has 0 aliphatic carbocycles. The zero-order valence-corrected chi connectivity index (χ0v) is 8.99. The van der Waals surface area contributed by atoms with Crippen molar-refractivity contribution in [3.8, 4) is 5.88 Å². The molecule has 0 bridgehead atoms. The average Bonchev–Trinajstić information content (AvgIpc) is 2.15. The molecule has 5 heteroatoms. The monoisotopic (exact) mass is 216 g/mol. The molecule has 0 N–H and O–H groups in total. The molecule has 0 spiro atoms. The fourth-order valence-electron chi connectivity index (χ4n) is 0.909. The fraction of sp³-hybridized carbons (Fsp3) is 0.556. The van der Waals surface area contributed by atoms with Gasteiger partial charge in [0.1, 0.15) is 6.10 Å². The lowest BCUT2D eigenvalue weighted by molar-refractivity contribution is 0.0633. The van der Waals surface area contributed by atoms with E-state index in [4.69, 9.17) is 21.1 Å². The van der Waals surface area contributed by atoms with E-state index in [9.17, 15) is 0 Å². The van der Waals surface area contributed by atoms with Gasteiger partial charge >= 0.3 is 0 Å². The molecule has 4 nitrogen and oxygen atoms in total. The third-order valence-electron chi connectivity index (χ3n) is 1.48. The molecule has 0 saturated carbocycles. The maximum atomic E-state index is 5.60. The minimum Gasteiger partial charge on any atom is -0.472 e. The summed E-state index contributed by atoms with van der Waals surface area (Å²) in [5, 5.41) is 0.186. The van der Waals surface area contributed by atoms with Crippen LogP contribution in [0.4, 0.5) is 0 Å². The predicted octanol–water partition coefficient (Wildman–Crippen LogP) is 1.93. The van der Waals surface area contributed by atoms with Gasteiger partial charge in [0.25, 0.3) is 0 Å². The van der Waals surface area contributed by atoms with Crippen LogP contribution in [0, 0.1) is 0 Å². The molecular weight excluding hydrogens is 204 g/mol. The van der Waals surface area contributed by atoms with Crippen LogP contribution < -0.4 is 4.74 Å². The lowest BCUT2D eigenvalue weighted by atomic mass is 10.4. The second-order valence-electron chi connectivity index (χ2n) is 2.75. The summed E-state index contributed by atoms with van der Waals surface area (Å²) in [6.07, 6.45) is 1.51. The Kier molecular flexibility index (Phi) is 4.62. The van der Waals surface area contributed by atoms with Crippen LogP contribution in [0.1, 0.15) is 13.8 Å². The Morgan fingerprint density at radius 2 is 2.36 bits per heavy atom. The summed E-state index contributed by atoms with van der Waals surface area (Å²) >= 11 is 5.60. The molecule has 0 radical (unpaired) electrons. The van der Waals surface area contributed by atoms with E-state index in [0.717, 1.165) is 0 Å². The predicted molar refractivity (Wildman–Crippen MR) is 53.6 cm³/mol. The maximum Gasteiger partial charge on any atom is 0.225 e. The summed E-state index contributed by atoms with van der Waals surface area (Å²) < 4.78 is 10.6. The Balaban J connectivity index is 2.43. The van der Waals surface area contributed by atoms with Crippen molar-refractivity contribution in [3.05, 3.63) is 17.5 Å². The lowest BCUT2D eigenvalue weighted by Crippen LogP contribution is -2.19. The van der Waals surface area contributed by atoms with Crippen molar-refractivity contribution in [1.82, 2.24) is 9.97 Å². The van der Waals surface area contributed by atoms with E-state index in [1.54, 1.807) is 12.3 Å². The Labute approximate surface area is 88.2 Å². The summed E-state index contributed by atoms with van der Waals surface area (Å²) in [6, 6.07) is 1.66. The van der Waals surface area contributed by atoms with Gasteiger partial charge in [0.05, 0.1) is 6.61 Å². The molecule has 0 fully saturated rings. The van der Waals surface area contributed by atoms with Crippen LogP contribution in [-0.4, -0.2) is 29.3 Å². The standard InChI is InChI=1S/C9H13ClN2O2/c1-3-13-6-7(2)14-8-4-5-11-9(10)12-8/h4-5,7H,3,6H2,1-2H3. The highest BCUT2D eigenvalue weighted by Gasteiger charge is 2.05. The van der Waals surface area contributed by atoms with Gasteiger partial charge in [-0.15, -0.1) is 0 Å². The van der Waals surface area contributed by atoms with Gasteiger partial charge in [0.2, 0.25) is 11.2 Å². The third kappa shape index (κ3) is 3.89. The number of aromatic nitrogens is 2. The molecule has 1 atom stereocenters. The largest absolute Gasteiger partial charge is 0.472 e. The van der Waals surface area contributed by atoms with E-state index < -0.39 is 0 Å². The van der Waals surface area contributed by atoms with Gasteiger partial charge in [-0.25, -0.2) is 4.98 Å². The number of hydrogen-bond donors (Lipinski definition) is 0. The van der Waals surface area contributed by atoms with Crippen molar-refractivity contribution in [2.24, 2.45) is 0 Å². The molecule has 14 heavy (non-hydrogen) atoms. The molecule has 0 aromatic carbocycles. The highest BCUT2D eigenvalue weighted by molar-refractivity contribution is 6.28. The molecule has 1 heterocycles. The Morgan fingerprint density at radius 1 is 1.57 bits per heavy atom. The highest BCUT2D eigenvalue weighted by atomic mass is 35.5. The molecule has 1 unspecified atom stereocenters. The van der Waals surface area contributed by atoms with Crippen LogP contribution >= 0.6 is 11.6 Å². The molecular formula is C9H13ClN2O2. The number of halogens is 1. The van der Waals surface area contributed by atoms with E-state index in [1.807, 2.05) is 13.8 Å². The van der Waals surface area contributed by atoms with Gasteiger partial charge in [0.15, 0.2) is 0 Å². The molecule has 0 aliphatic heterocycles. The van der Waals surface area contributed by atoms with Crippen LogP contribution in [0.25, 0.3) is 0 Å². The van der Waals surface area contributed by atoms with E-state index in [2.05, 4.69) is 9.97 Å². The zero-order valence-electron chi connectivity index (χ0n) is 8.24. The van der Waals surface area contributed by atoms with E-state index in [1.165, 1.54) is 0 Å². The van der Waals surface area contributed by atoms with E-state index >= 15 is 0 Å². The summed E-state index contributed by atoms with van der Waals surface area (Å²) in [5.41, 5.74) is 0. The average molecular weight is 217 g/mol. The Morgan fingerprint density at radius 3 is 3.00 bits per heavy atom. The van der Waals surface area contributed by atoms with Crippen LogP contribution in [0.3, 0.4) is 0 Å². The van der Waals surface area contributed by atoms with E-state index in [0.29, 0.717) is 19.1 Å². The molecule has 1 rings (SSSR count). The summed E-state index contributed by atoms with van der Waals surface area (Å²) in [5.74, 6) is 0.470. The highest BCUT2D eigenvalue weighted by Crippen LogP contribution is 2.10. The second kappa shape index (κ2) is 5.78. The van der Waals surface area contributed by atoms with Crippen LogP contribution in [0.5, 0.6) is 5.88 Å². The van der Waals surface area contributed by atoms with Crippen LogP contribution in [0.15, 0.2) is 12.3 Å². The number of nitrogens with zero attached hydrogens (tertiary/aromatic N) is 2. The quantitative estimate of drug-likeness (QED) is 0.706. The van der Waals surface area contributed by atoms with Gasteiger partial charge in [-0.1, -0.05) is 0 Å². The number of hydrogen-bond acceptors (Lipinski definition) is 4. The Bertz CT molecular complexity index is 283. The number of ether oxygens (including phenoxy) is 2. The smallest absolute Gasteiger partial charge is 0.225 e. The molecule has 0 amide bonds.